The van der Waals surface area contributed by atoms with Crippen molar-refractivity contribution < 1.29 is 4.74 Å². The van der Waals surface area contributed by atoms with Crippen LogP contribution < -0.4 is 10.6 Å². The van der Waals surface area contributed by atoms with Crippen LogP contribution in [0.4, 0.5) is 11.8 Å². The Morgan fingerprint density at radius 1 is 1.42 bits per heavy atom. The summed E-state index contributed by atoms with van der Waals surface area (Å²) in [6.07, 6.45) is 0.944. The third-order valence-electron chi connectivity index (χ3n) is 2.88. The van der Waals surface area contributed by atoms with E-state index in [0.717, 1.165) is 29.1 Å². The minimum Gasteiger partial charge on any atom is -0.385 e. The molecule has 2 N–H and O–H groups in total. The zero-order valence-corrected chi connectivity index (χ0v) is 12.6. The topological polar surface area (TPSA) is 59.1 Å². The predicted octanol–water partition coefficient (Wildman–Crippen LogP) is 2.88. The first kappa shape index (κ1) is 14.0. The van der Waals surface area contributed by atoms with Gasteiger partial charge in [0.2, 0.25) is 5.95 Å². The average molecular weight is 280 g/mol. The molecule has 2 heterocycles. The fourth-order valence-corrected chi connectivity index (χ4v) is 2.74. The summed E-state index contributed by atoms with van der Waals surface area (Å²) in [4.78, 5) is 11.2. The van der Waals surface area contributed by atoms with Crippen LogP contribution in [0.15, 0.2) is 6.07 Å². The van der Waals surface area contributed by atoms with Crippen molar-refractivity contribution in [2.75, 3.05) is 31.4 Å². The molecule has 1 unspecified atom stereocenters. The van der Waals surface area contributed by atoms with Crippen LogP contribution in [0.2, 0.25) is 0 Å². The van der Waals surface area contributed by atoms with E-state index < -0.39 is 0 Å². The zero-order chi connectivity index (χ0) is 13.8. The van der Waals surface area contributed by atoms with Crippen LogP contribution in [0, 0.1) is 6.92 Å². The van der Waals surface area contributed by atoms with Crippen LogP contribution in [-0.4, -0.2) is 36.8 Å². The Labute approximate surface area is 117 Å². The number of rotatable bonds is 6. The number of fused-ring (bicyclic) bond motifs is 1. The Hall–Kier alpha value is -1.40. The molecule has 0 spiro atoms. The van der Waals surface area contributed by atoms with E-state index in [1.54, 1.807) is 18.4 Å². The normalized spacial score (nSPS) is 12.6. The lowest BCUT2D eigenvalue weighted by Gasteiger charge is -2.15. The second-order valence-corrected chi connectivity index (χ2v) is 5.78. The quantitative estimate of drug-likeness (QED) is 0.852. The Kier molecular flexibility index (Phi) is 4.55. The molecule has 0 aliphatic rings. The second kappa shape index (κ2) is 6.16. The van der Waals surface area contributed by atoms with E-state index in [0.29, 0.717) is 12.0 Å². The highest BCUT2D eigenvalue weighted by Gasteiger charge is 2.12. The van der Waals surface area contributed by atoms with Crippen LogP contribution in [0.1, 0.15) is 18.2 Å². The van der Waals surface area contributed by atoms with E-state index in [2.05, 4.69) is 40.5 Å². The number of hydrogen-bond acceptors (Lipinski definition) is 6. The van der Waals surface area contributed by atoms with E-state index in [-0.39, 0.29) is 0 Å². The van der Waals surface area contributed by atoms with Crippen molar-refractivity contribution in [3.05, 3.63) is 10.9 Å². The van der Waals surface area contributed by atoms with Gasteiger partial charge in [-0.2, -0.15) is 4.98 Å². The van der Waals surface area contributed by atoms with Gasteiger partial charge in [-0.3, -0.25) is 0 Å². The molecule has 0 amide bonds. The van der Waals surface area contributed by atoms with Gasteiger partial charge in [-0.1, -0.05) is 0 Å². The van der Waals surface area contributed by atoms with Gasteiger partial charge in [-0.25, -0.2) is 4.98 Å². The summed E-state index contributed by atoms with van der Waals surface area (Å²) >= 11 is 1.68. The van der Waals surface area contributed by atoms with Gasteiger partial charge in [-0.05, 0) is 26.3 Å². The van der Waals surface area contributed by atoms with Gasteiger partial charge in [0.05, 0.1) is 5.39 Å². The number of methoxy groups -OCH3 is 1. The van der Waals surface area contributed by atoms with E-state index in [4.69, 9.17) is 4.74 Å². The maximum absolute atomic E-state index is 5.10. The lowest BCUT2D eigenvalue weighted by atomic mass is 10.2. The standard InChI is InChI=1S/C13H20N4OS/c1-8(5-6-18-4)15-11-10-7-9(2)19-12(10)17-13(14-3)16-11/h7-8H,5-6H2,1-4H3,(H2,14,15,16,17). The minimum atomic E-state index is 0.308. The number of hydrogen-bond donors (Lipinski definition) is 2. The fourth-order valence-electron chi connectivity index (χ4n) is 1.86. The van der Waals surface area contributed by atoms with Gasteiger partial charge in [0, 0.05) is 31.7 Å². The molecule has 2 aromatic heterocycles. The van der Waals surface area contributed by atoms with Crippen LogP contribution in [0.5, 0.6) is 0 Å². The molecule has 0 radical (unpaired) electrons. The third-order valence-corrected chi connectivity index (χ3v) is 3.82. The van der Waals surface area contributed by atoms with Crippen molar-refractivity contribution in [2.24, 2.45) is 0 Å². The second-order valence-electron chi connectivity index (χ2n) is 4.55. The Balaban J connectivity index is 2.29. The summed E-state index contributed by atoms with van der Waals surface area (Å²) < 4.78 is 5.10. The van der Waals surface area contributed by atoms with Crippen molar-refractivity contribution in [1.29, 1.82) is 0 Å². The molecule has 0 bridgehead atoms. The fraction of sp³-hybridized carbons (Fsp3) is 0.538. The summed E-state index contributed by atoms with van der Waals surface area (Å²) in [6.45, 7) is 4.96. The van der Waals surface area contributed by atoms with Crippen molar-refractivity contribution in [1.82, 2.24) is 9.97 Å². The molecule has 0 fully saturated rings. The smallest absolute Gasteiger partial charge is 0.225 e. The SMILES string of the molecule is CNc1nc(NC(C)CCOC)c2cc(C)sc2n1. The molecule has 104 valence electrons. The van der Waals surface area contributed by atoms with Crippen molar-refractivity contribution in [2.45, 2.75) is 26.3 Å². The van der Waals surface area contributed by atoms with Crippen molar-refractivity contribution in [3.63, 3.8) is 0 Å². The van der Waals surface area contributed by atoms with Gasteiger partial charge in [0.15, 0.2) is 0 Å². The van der Waals surface area contributed by atoms with Gasteiger partial charge < -0.3 is 15.4 Å². The van der Waals surface area contributed by atoms with E-state index in [1.165, 1.54) is 4.88 Å². The summed E-state index contributed by atoms with van der Waals surface area (Å²) in [7, 11) is 3.55. The number of nitrogens with zero attached hydrogens (tertiary/aromatic N) is 2. The highest BCUT2D eigenvalue weighted by atomic mass is 32.1. The van der Waals surface area contributed by atoms with Crippen LogP contribution in [0.3, 0.4) is 0 Å². The predicted molar refractivity (Wildman–Crippen MR) is 81.3 cm³/mol. The van der Waals surface area contributed by atoms with Crippen LogP contribution in [0.25, 0.3) is 10.2 Å². The summed E-state index contributed by atoms with van der Waals surface area (Å²) in [5, 5.41) is 7.54. The molecule has 19 heavy (non-hydrogen) atoms. The Morgan fingerprint density at radius 2 is 2.21 bits per heavy atom. The first-order valence-corrected chi connectivity index (χ1v) is 7.17. The number of thiophene rings is 1. The van der Waals surface area contributed by atoms with Gasteiger partial charge >= 0.3 is 0 Å². The van der Waals surface area contributed by atoms with E-state index in [9.17, 15) is 0 Å². The average Bonchev–Trinajstić information content (AvgIpc) is 2.76. The van der Waals surface area contributed by atoms with Gasteiger partial charge in [0.25, 0.3) is 0 Å². The molecule has 0 aliphatic carbocycles. The van der Waals surface area contributed by atoms with Crippen molar-refractivity contribution in [3.8, 4) is 0 Å². The number of aryl methyl sites for hydroxylation is 1. The molecule has 0 aliphatic heterocycles. The number of aromatic nitrogens is 2. The summed E-state index contributed by atoms with van der Waals surface area (Å²) in [6, 6.07) is 2.44. The molecule has 1 atom stereocenters. The monoisotopic (exact) mass is 280 g/mol. The highest BCUT2D eigenvalue weighted by Crippen LogP contribution is 2.29. The van der Waals surface area contributed by atoms with Gasteiger partial charge in [0.1, 0.15) is 10.6 Å². The lowest BCUT2D eigenvalue weighted by Crippen LogP contribution is -2.18. The number of nitrogens with one attached hydrogen (secondary N) is 2. The number of anilines is 2. The summed E-state index contributed by atoms with van der Waals surface area (Å²) in [5.74, 6) is 1.54. The van der Waals surface area contributed by atoms with E-state index in [1.807, 2.05) is 7.05 Å². The van der Waals surface area contributed by atoms with E-state index >= 15 is 0 Å². The third kappa shape index (κ3) is 3.33. The van der Waals surface area contributed by atoms with Crippen molar-refractivity contribution >= 4 is 33.3 Å². The minimum absolute atomic E-state index is 0.308. The Bertz CT molecular complexity index is 555. The molecule has 0 aromatic carbocycles. The molecule has 2 rings (SSSR count). The van der Waals surface area contributed by atoms with Crippen LogP contribution in [-0.2, 0) is 4.74 Å². The molecule has 0 saturated carbocycles. The summed E-state index contributed by atoms with van der Waals surface area (Å²) in [5.41, 5.74) is 0. The largest absolute Gasteiger partial charge is 0.385 e. The molecule has 2 aromatic rings. The zero-order valence-electron chi connectivity index (χ0n) is 11.8. The Morgan fingerprint density at radius 3 is 2.89 bits per heavy atom. The molecule has 5 nitrogen and oxygen atoms in total. The first-order valence-electron chi connectivity index (χ1n) is 6.35. The molecule has 0 saturated heterocycles. The molecular weight excluding hydrogens is 260 g/mol. The number of ether oxygens (including phenoxy) is 1. The van der Waals surface area contributed by atoms with Gasteiger partial charge in [-0.15, -0.1) is 11.3 Å². The van der Waals surface area contributed by atoms with Crippen LogP contribution >= 0.6 is 11.3 Å². The molecule has 6 heteroatoms. The lowest BCUT2D eigenvalue weighted by molar-refractivity contribution is 0.191. The first-order chi connectivity index (χ1) is 9.13. The maximum atomic E-state index is 5.10. The molecular formula is C13H20N4OS. The maximum Gasteiger partial charge on any atom is 0.225 e. The highest BCUT2D eigenvalue weighted by molar-refractivity contribution is 7.18.